The SMILES string of the molecule is CNc1cc(C(C)(C)C)c(F)c(C(C)(C)C)n1. The van der Waals surface area contributed by atoms with Gasteiger partial charge in [-0.3, -0.25) is 0 Å². The van der Waals surface area contributed by atoms with Crippen molar-refractivity contribution in [2.45, 2.75) is 52.4 Å². The second-order valence-electron chi connectivity index (χ2n) is 6.47. The molecule has 0 fully saturated rings. The zero-order chi connectivity index (χ0) is 13.4. The van der Waals surface area contributed by atoms with E-state index >= 15 is 0 Å². The van der Waals surface area contributed by atoms with E-state index in [1.807, 2.05) is 41.5 Å². The fourth-order valence-electron chi connectivity index (χ4n) is 1.70. The van der Waals surface area contributed by atoms with Crippen molar-refractivity contribution >= 4 is 5.82 Å². The van der Waals surface area contributed by atoms with E-state index < -0.39 is 0 Å². The number of hydrogen-bond donors (Lipinski definition) is 1. The van der Waals surface area contributed by atoms with E-state index in [1.54, 1.807) is 13.1 Å². The van der Waals surface area contributed by atoms with Gasteiger partial charge in [0.2, 0.25) is 0 Å². The van der Waals surface area contributed by atoms with Crippen LogP contribution in [-0.2, 0) is 10.8 Å². The molecule has 0 spiro atoms. The Hall–Kier alpha value is -1.12. The Morgan fingerprint density at radius 3 is 1.94 bits per heavy atom. The molecule has 1 heterocycles. The van der Waals surface area contributed by atoms with Gasteiger partial charge in [0.05, 0.1) is 5.69 Å². The van der Waals surface area contributed by atoms with Gasteiger partial charge in [-0.25, -0.2) is 9.37 Å². The molecule has 0 aliphatic rings. The summed E-state index contributed by atoms with van der Waals surface area (Å²) in [7, 11) is 1.80. The van der Waals surface area contributed by atoms with Crippen LogP contribution < -0.4 is 5.32 Å². The average molecular weight is 238 g/mol. The normalized spacial score (nSPS) is 12.7. The quantitative estimate of drug-likeness (QED) is 0.803. The monoisotopic (exact) mass is 238 g/mol. The third kappa shape index (κ3) is 2.96. The maximum atomic E-state index is 14.5. The van der Waals surface area contributed by atoms with E-state index in [-0.39, 0.29) is 16.6 Å². The van der Waals surface area contributed by atoms with E-state index in [1.165, 1.54) is 0 Å². The summed E-state index contributed by atoms with van der Waals surface area (Å²) in [6, 6.07) is 1.80. The van der Waals surface area contributed by atoms with Crippen LogP contribution in [-0.4, -0.2) is 12.0 Å². The van der Waals surface area contributed by atoms with E-state index in [4.69, 9.17) is 0 Å². The summed E-state index contributed by atoms with van der Waals surface area (Å²) in [6.07, 6.45) is 0. The molecule has 0 saturated heterocycles. The Bertz CT molecular complexity index is 376. The highest BCUT2D eigenvalue weighted by Gasteiger charge is 2.28. The molecular weight excluding hydrogens is 215 g/mol. The first-order valence-corrected chi connectivity index (χ1v) is 5.96. The Labute approximate surface area is 104 Å². The molecule has 1 aromatic rings. The standard InChI is InChI=1S/C14H23FN2/c1-13(2,3)9-8-10(16-7)17-12(11(9)15)14(4,5)6/h8H,1-7H3,(H,16,17). The fourth-order valence-corrected chi connectivity index (χ4v) is 1.70. The zero-order valence-corrected chi connectivity index (χ0v) is 11.9. The molecule has 0 aromatic carbocycles. The van der Waals surface area contributed by atoms with Crippen LogP contribution in [0.2, 0.25) is 0 Å². The number of rotatable bonds is 1. The number of aromatic nitrogens is 1. The first-order chi connectivity index (χ1) is 7.57. The van der Waals surface area contributed by atoms with Crippen LogP contribution in [0, 0.1) is 5.82 Å². The molecule has 3 heteroatoms. The largest absolute Gasteiger partial charge is 0.373 e. The Morgan fingerprint density at radius 2 is 1.59 bits per heavy atom. The number of halogens is 1. The molecule has 1 N–H and O–H groups in total. The zero-order valence-electron chi connectivity index (χ0n) is 11.9. The lowest BCUT2D eigenvalue weighted by atomic mass is 9.83. The van der Waals surface area contributed by atoms with E-state index in [2.05, 4.69) is 10.3 Å². The first-order valence-electron chi connectivity index (χ1n) is 5.96. The Kier molecular flexibility index (Phi) is 3.51. The minimum absolute atomic E-state index is 0.177. The summed E-state index contributed by atoms with van der Waals surface area (Å²) >= 11 is 0. The minimum Gasteiger partial charge on any atom is -0.373 e. The molecule has 0 atom stereocenters. The van der Waals surface area contributed by atoms with Gasteiger partial charge in [-0.1, -0.05) is 41.5 Å². The maximum absolute atomic E-state index is 14.5. The average Bonchev–Trinajstić information content (AvgIpc) is 2.14. The van der Waals surface area contributed by atoms with E-state index in [0.29, 0.717) is 11.3 Å². The van der Waals surface area contributed by atoms with Crippen molar-refractivity contribution < 1.29 is 4.39 Å². The van der Waals surface area contributed by atoms with Gasteiger partial charge in [-0.2, -0.15) is 0 Å². The van der Waals surface area contributed by atoms with Crippen LogP contribution >= 0.6 is 0 Å². The van der Waals surface area contributed by atoms with Gasteiger partial charge >= 0.3 is 0 Å². The minimum atomic E-state index is -0.295. The van der Waals surface area contributed by atoms with Crippen molar-refractivity contribution in [1.82, 2.24) is 4.98 Å². The Balaban J connectivity index is 3.53. The summed E-state index contributed by atoms with van der Waals surface area (Å²) < 4.78 is 14.5. The summed E-state index contributed by atoms with van der Waals surface area (Å²) in [5, 5.41) is 3.00. The highest BCUT2D eigenvalue weighted by atomic mass is 19.1. The molecule has 0 amide bonds. The molecule has 2 nitrogen and oxygen atoms in total. The fraction of sp³-hybridized carbons (Fsp3) is 0.643. The summed E-state index contributed by atoms with van der Waals surface area (Å²) in [5.74, 6) is 0.547. The lowest BCUT2D eigenvalue weighted by Gasteiger charge is -2.26. The summed E-state index contributed by atoms with van der Waals surface area (Å²) in [6.45, 7) is 12.0. The summed E-state index contributed by atoms with van der Waals surface area (Å²) in [4.78, 5) is 4.35. The van der Waals surface area contributed by atoms with Crippen molar-refractivity contribution in [3.63, 3.8) is 0 Å². The van der Waals surface area contributed by atoms with E-state index in [0.717, 1.165) is 5.82 Å². The highest BCUT2D eigenvalue weighted by Crippen LogP contribution is 2.33. The molecular formula is C14H23FN2. The van der Waals surface area contributed by atoms with Crippen molar-refractivity contribution in [1.29, 1.82) is 0 Å². The van der Waals surface area contributed by atoms with Gasteiger partial charge in [0.15, 0.2) is 0 Å². The lowest BCUT2D eigenvalue weighted by molar-refractivity contribution is 0.468. The van der Waals surface area contributed by atoms with Gasteiger partial charge < -0.3 is 5.32 Å². The van der Waals surface area contributed by atoms with Crippen molar-refractivity contribution in [2.24, 2.45) is 0 Å². The molecule has 0 saturated carbocycles. The number of pyridine rings is 1. The van der Waals surface area contributed by atoms with Gasteiger partial charge in [0, 0.05) is 12.5 Å². The topological polar surface area (TPSA) is 24.9 Å². The molecule has 0 aliphatic heterocycles. The number of anilines is 1. The number of hydrogen-bond acceptors (Lipinski definition) is 2. The lowest BCUT2D eigenvalue weighted by Crippen LogP contribution is -2.22. The third-order valence-corrected chi connectivity index (χ3v) is 2.73. The van der Waals surface area contributed by atoms with Gasteiger partial charge in [-0.15, -0.1) is 0 Å². The molecule has 0 radical (unpaired) electrons. The van der Waals surface area contributed by atoms with Gasteiger partial charge in [0.25, 0.3) is 0 Å². The smallest absolute Gasteiger partial charge is 0.149 e. The predicted molar refractivity (Wildman–Crippen MR) is 71.1 cm³/mol. The third-order valence-electron chi connectivity index (χ3n) is 2.73. The van der Waals surface area contributed by atoms with E-state index in [9.17, 15) is 4.39 Å². The van der Waals surface area contributed by atoms with Crippen LogP contribution in [0.15, 0.2) is 6.07 Å². The molecule has 96 valence electrons. The highest BCUT2D eigenvalue weighted by molar-refractivity contribution is 5.44. The van der Waals surface area contributed by atoms with Crippen LogP contribution in [0.3, 0.4) is 0 Å². The molecule has 0 aliphatic carbocycles. The second-order valence-corrected chi connectivity index (χ2v) is 6.47. The van der Waals surface area contributed by atoms with Crippen LogP contribution in [0.1, 0.15) is 52.8 Å². The van der Waals surface area contributed by atoms with Crippen LogP contribution in [0.25, 0.3) is 0 Å². The summed E-state index contributed by atoms with van der Waals surface area (Å²) in [5.41, 5.74) is 0.714. The number of nitrogens with zero attached hydrogens (tertiary/aromatic N) is 1. The van der Waals surface area contributed by atoms with Crippen molar-refractivity contribution in [3.05, 3.63) is 23.1 Å². The predicted octanol–water partition coefficient (Wildman–Crippen LogP) is 3.86. The molecule has 1 rings (SSSR count). The Morgan fingerprint density at radius 1 is 1.06 bits per heavy atom. The second kappa shape index (κ2) is 4.28. The van der Waals surface area contributed by atoms with Gasteiger partial charge in [-0.05, 0) is 17.0 Å². The molecule has 17 heavy (non-hydrogen) atoms. The van der Waals surface area contributed by atoms with Crippen molar-refractivity contribution in [3.8, 4) is 0 Å². The van der Waals surface area contributed by atoms with Crippen molar-refractivity contribution in [2.75, 3.05) is 12.4 Å². The number of nitrogens with one attached hydrogen (secondary N) is 1. The first kappa shape index (κ1) is 13.9. The molecule has 1 aromatic heterocycles. The molecule has 0 bridgehead atoms. The van der Waals surface area contributed by atoms with Gasteiger partial charge in [0.1, 0.15) is 11.6 Å². The van der Waals surface area contributed by atoms with Crippen LogP contribution in [0.4, 0.5) is 10.2 Å². The molecule has 0 unspecified atom stereocenters. The maximum Gasteiger partial charge on any atom is 0.149 e. The van der Waals surface area contributed by atoms with Crippen LogP contribution in [0.5, 0.6) is 0 Å².